The van der Waals surface area contributed by atoms with Gasteiger partial charge in [-0.2, -0.15) is 0 Å². The van der Waals surface area contributed by atoms with E-state index in [4.69, 9.17) is 4.74 Å². The van der Waals surface area contributed by atoms with Gasteiger partial charge in [-0.15, -0.1) is 0 Å². The van der Waals surface area contributed by atoms with Gasteiger partial charge in [-0.1, -0.05) is 6.07 Å². The third-order valence-electron chi connectivity index (χ3n) is 3.48. The number of hydrogen-bond donors (Lipinski definition) is 1. The fraction of sp³-hybridized carbons (Fsp3) is 0.500. The molecule has 0 aliphatic carbocycles. The van der Waals surface area contributed by atoms with E-state index in [-0.39, 0.29) is 23.7 Å². The van der Waals surface area contributed by atoms with E-state index in [0.29, 0.717) is 6.42 Å². The van der Waals surface area contributed by atoms with Gasteiger partial charge in [-0.05, 0) is 36.6 Å². The fourth-order valence-electron chi connectivity index (χ4n) is 2.30. The van der Waals surface area contributed by atoms with Crippen LogP contribution in [0.3, 0.4) is 0 Å². The molecule has 1 saturated heterocycles. The maximum atomic E-state index is 13.0. The fourth-order valence-corrected chi connectivity index (χ4v) is 2.30. The first-order valence-corrected chi connectivity index (χ1v) is 6.14. The van der Waals surface area contributed by atoms with Gasteiger partial charge in [-0.25, -0.2) is 4.39 Å². The number of Topliss-reactive ketones (excluding diaryl/α,β-unsaturated/α-hetero) is 1. The summed E-state index contributed by atoms with van der Waals surface area (Å²) in [6.07, 6.45) is 1.18. The highest BCUT2D eigenvalue weighted by Gasteiger charge is 2.29. The molecule has 0 radical (unpaired) electrons. The molecule has 0 aromatic heterocycles. The average molecular weight is 251 g/mol. The van der Waals surface area contributed by atoms with Gasteiger partial charge < -0.3 is 10.1 Å². The Labute approximate surface area is 106 Å². The predicted octanol–water partition coefficient (Wildman–Crippen LogP) is 1.62. The van der Waals surface area contributed by atoms with Crippen molar-refractivity contribution in [3.8, 4) is 0 Å². The maximum Gasteiger partial charge on any atom is 0.154 e. The van der Waals surface area contributed by atoms with E-state index in [0.717, 1.165) is 24.1 Å². The van der Waals surface area contributed by atoms with Crippen molar-refractivity contribution in [3.63, 3.8) is 0 Å². The molecule has 1 aliphatic rings. The molecule has 1 aromatic carbocycles. The van der Waals surface area contributed by atoms with Crippen molar-refractivity contribution in [2.75, 3.05) is 13.7 Å². The Balaban J connectivity index is 1.99. The Hall–Kier alpha value is -1.26. The van der Waals surface area contributed by atoms with Gasteiger partial charge in [-0.3, -0.25) is 4.79 Å². The van der Waals surface area contributed by atoms with Crippen LogP contribution in [0.15, 0.2) is 18.2 Å². The summed E-state index contributed by atoms with van der Waals surface area (Å²) >= 11 is 0. The highest BCUT2D eigenvalue weighted by atomic mass is 19.1. The number of ether oxygens (including phenoxy) is 1. The molecule has 1 heterocycles. The summed E-state index contributed by atoms with van der Waals surface area (Å²) in [6, 6.07) is 4.41. The van der Waals surface area contributed by atoms with Crippen molar-refractivity contribution >= 4 is 5.78 Å². The molecule has 0 amide bonds. The van der Waals surface area contributed by atoms with Crippen LogP contribution in [0.1, 0.15) is 17.5 Å². The Morgan fingerprint density at radius 3 is 2.94 bits per heavy atom. The SMILES string of the molecule is COC1CNC(C(=O)Cc2ccc(F)cc2C)C1. The summed E-state index contributed by atoms with van der Waals surface area (Å²) in [7, 11) is 1.66. The van der Waals surface area contributed by atoms with Crippen molar-refractivity contribution in [3.05, 3.63) is 35.1 Å². The second kappa shape index (κ2) is 5.59. The van der Waals surface area contributed by atoms with Gasteiger partial charge in [0.25, 0.3) is 0 Å². The number of aryl methyl sites for hydroxylation is 1. The smallest absolute Gasteiger partial charge is 0.154 e. The third kappa shape index (κ3) is 2.94. The number of methoxy groups -OCH3 is 1. The highest BCUT2D eigenvalue weighted by molar-refractivity contribution is 5.86. The minimum absolute atomic E-state index is 0.119. The van der Waals surface area contributed by atoms with Gasteiger partial charge in [0, 0.05) is 20.1 Å². The number of benzene rings is 1. The molecule has 2 rings (SSSR count). The largest absolute Gasteiger partial charge is 0.380 e. The van der Waals surface area contributed by atoms with E-state index in [2.05, 4.69) is 5.32 Å². The molecule has 0 spiro atoms. The van der Waals surface area contributed by atoms with Gasteiger partial charge in [0.2, 0.25) is 0 Å². The van der Waals surface area contributed by atoms with Crippen LogP contribution < -0.4 is 5.32 Å². The molecule has 1 aliphatic heterocycles. The van der Waals surface area contributed by atoms with Crippen molar-refractivity contribution in [2.45, 2.75) is 31.9 Å². The molecule has 1 fully saturated rings. The molecule has 4 heteroatoms. The summed E-state index contributed by atoms with van der Waals surface area (Å²) < 4.78 is 18.2. The summed E-state index contributed by atoms with van der Waals surface area (Å²) in [5.41, 5.74) is 1.72. The molecular weight excluding hydrogens is 233 g/mol. The first kappa shape index (κ1) is 13.2. The van der Waals surface area contributed by atoms with Crippen LogP contribution in [0.25, 0.3) is 0 Å². The summed E-state index contributed by atoms with van der Waals surface area (Å²) in [4.78, 5) is 12.1. The summed E-state index contributed by atoms with van der Waals surface area (Å²) in [5, 5.41) is 3.16. The maximum absolute atomic E-state index is 13.0. The topological polar surface area (TPSA) is 38.3 Å². The van der Waals surface area contributed by atoms with Crippen LogP contribution in [0.2, 0.25) is 0 Å². The second-order valence-corrected chi connectivity index (χ2v) is 4.77. The minimum Gasteiger partial charge on any atom is -0.380 e. The van der Waals surface area contributed by atoms with E-state index in [1.807, 2.05) is 6.92 Å². The quantitative estimate of drug-likeness (QED) is 0.883. The van der Waals surface area contributed by atoms with E-state index in [1.54, 1.807) is 13.2 Å². The number of hydrogen-bond acceptors (Lipinski definition) is 3. The molecule has 18 heavy (non-hydrogen) atoms. The minimum atomic E-state index is -0.262. The third-order valence-corrected chi connectivity index (χ3v) is 3.48. The van der Waals surface area contributed by atoms with Crippen molar-refractivity contribution in [2.24, 2.45) is 0 Å². The Morgan fingerprint density at radius 2 is 2.33 bits per heavy atom. The highest BCUT2D eigenvalue weighted by Crippen LogP contribution is 2.15. The summed E-state index contributed by atoms with van der Waals surface area (Å²) in [6.45, 7) is 2.54. The zero-order chi connectivity index (χ0) is 13.1. The monoisotopic (exact) mass is 251 g/mol. The van der Waals surface area contributed by atoms with Crippen molar-refractivity contribution in [1.82, 2.24) is 5.32 Å². The van der Waals surface area contributed by atoms with Crippen LogP contribution in [0.4, 0.5) is 4.39 Å². The molecular formula is C14H18FNO2. The number of halogens is 1. The van der Waals surface area contributed by atoms with Gasteiger partial charge in [0.1, 0.15) is 5.82 Å². The first-order valence-electron chi connectivity index (χ1n) is 6.14. The lowest BCUT2D eigenvalue weighted by molar-refractivity contribution is -0.120. The van der Waals surface area contributed by atoms with Crippen LogP contribution in [-0.2, 0) is 16.0 Å². The molecule has 1 N–H and O–H groups in total. The van der Waals surface area contributed by atoms with Crippen LogP contribution in [-0.4, -0.2) is 31.6 Å². The van der Waals surface area contributed by atoms with Gasteiger partial charge >= 0.3 is 0 Å². The lowest BCUT2D eigenvalue weighted by atomic mass is 9.99. The second-order valence-electron chi connectivity index (χ2n) is 4.77. The average Bonchev–Trinajstić information content (AvgIpc) is 2.81. The Kier molecular flexibility index (Phi) is 4.09. The number of nitrogens with one attached hydrogen (secondary N) is 1. The standard InChI is InChI=1S/C14H18FNO2/c1-9-5-11(15)4-3-10(9)6-14(17)13-7-12(18-2)8-16-13/h3-5,12-13,16H,6-8H2,1-2H3. The normalized spacial score (nSPS) is 23.3. The molecule has 0 bridgehead atoms. The van der Waals surface area contributed by atoms with Crippen LogP contribution >= 0.6 is 0 Å². The number of carbonyl (C=O) groups is 1. The predicted molar refractivity (Wildman–Crippen MR) is 67.1 cm³/mol. The lowest BCUT2D eigenvalue weighted by Crippen LogP contribution is -2.32. The number of ketones is 1. The zero-order valence-electron chi connectivity index (χ0n) is 10.7. The molecule has 2 atom stereocenters. The molecule has 3 nitrogen and oxygen atoms in total. The molecule has 0 saturated carbocycles. The molecule has 2 unspecified atom stereocenters. The number of rotatable bonds is 4. The molecule has 1 aromatic rings. The van der Waals surface area contributed by atoms with Crippen molar-refractivity contribution < 1.29 is 13.9 Å². The van der Waals surface area contributed by atoms with E-state index >= 15 is 0 Å². The zero-order valence-corrected chi connectivity index (χ0v) is 10.7. The van der Waals surface area contributed by atoms with E-state index < -0.39 is 0 Å². The van der Waals surface area contributed by atoms with Crippen LogP contribution in [0.5, 0.6) is 0 Å². The number of carbonyl (C=O) groups excluding carboxylic acids is 1. The van der Waals surface area contributed by atoms with Crippen molar-refractivity contribution in [1.29, 1.82) is 0 Å². The Bertz CT molecular complexity index is 447. The Morgan fingerprint density at radius 1 is 1.56 bits per heavy atom. The van der Waals surface area contributed by atoms with E-state index in [9.17, 15) is 9.18 Å². The lowest BCUT2D eigenvalue weighted by Gasteiger charge is -2.11. The van der Waals surface area contributed by atoms with Gasteiger partial charge in [0.05, 0.1) is 12.1 Å². The van der Waals surface area contributed by atoms with E-state index in [1.165, 1.54) is 12.1 Å². The first-order chi connectivity index (χ1) is 8.60. The van der Waals surface area contributed by atoms with Crippen LogP contribution in [0, 0.1) is 12.7 Å². The molecule has 98 valence electrons. The summed E-state index contributed by atoms with van der Waals surface area (Å²) in [5.74, 6) is -0.119. The van der Waals surface area contributed by atoms with Gasteiger partial charge in [0.15, 0.2) is 5.78 Å².